The minimum absolute atomic E-state index is 0.428. The lowest BCUT2D eigenvalue weighted by atomic mass is 10.0. The second-order valence-electron chi connectivity index (χ2n) is 4.01. The smallest absolute Gasteiger partial charge is 0.0983 e. The van der Waals surface area contributed by atoms with E-state index in [9.17, 15) is 0 Å². The minimum Gasteiger partial charge on any atom is -0.381 e. The van der Waals surface area contributed by atoms with Gasteiger partial charge in [0.05, 0.1) is 17.3 Å². The van der Waals surface area contributed by atoms with Gasteiger partial charge >= 0.3 is 0 Å². The van der Waals surface area contributed by atoms with Crippen LogP contribution in [-0.2, 0) is 4.74 Å². The lowest BCUT2D eigenvalue weighted by Crippen LogP contribution is -2.12. The number of aromatic nitrogens is 1. The molecule has 0 aromatic carbocycles. The van der Waals surface area contributed by atoms with Gasteiger partial charge < -0.3 is 10.5 Å². The summed E-state index contributed by atoms with van der Waals surface area (Å²) in [5.41, 5.74) is 6.89. The second-order valence-corrected chi connectivity index (χ2v) is 4.90. The lowest BCUT2D eigenvalue weighted by Gasteiger charge is -2.08. The lowest BCUT2D eigenvalue weighted by molar-refractivity contribution is 0.194. The Kier molecular flexibility index (Phi) is 3.72. The standard InChI is InChI=1S/C11H18N2OS/c1-2-8(5-12)10-7-15-11(13-10)9-3-4-14-6-9/h7-9H,2-6,12H2,1H3. The van der Waals surface area contributed by atoms with E-state index in [2.05, 4.69) is 12.3 Å². The molecule has 1 aromatic heterocycles. The van der Waals surface area contributed by atoms with Gasteiger partial charge in [-0.1, -0.05) is 6.92 Å². The zero-order valence-electron chi connectivity index (χ0n) is 9.11. The van der Waals surface area contributed by atoms with E-state index in [1.54, 1.807) is 11.3 Å². The zero-order chi connectivity index (χ0) is 10.7. The van der Waals surface area contributed by atoms with Gasteiger partial charge in [-0.2, -0.15) is 0 Å². The molecule has 2 heterocycles. The van der Waals surface area contributed by atoms with Gasteiger partial charge in [0.25, 0.3) is 0 Å². The van der Waals surface area contributed by atoms with Crippen LogP contribution in [0.2, 0.25) is 0 Å². The SMILES string of the molecule is CCC(CN)c1csc(C2CCOC2)n1. The van der Waals surface area contributed by atoms with Crippen LogP contribution < -0.4 is 5.73 Å². The van der Waals surface area contributed by atoms with Crippen LogP contribution >= 0.6 is 11.3 Å². The third-order valence-corrected chi connectivity index (χ3v) is 4.04. The van der Waals surface area contributed by atoms with E-state index in [4.69, 9.17) is 15.5 Å². The predicted molar refractivity (Wildman–Crippen MR) is 62.4 cm³/mol. The Labute approximate surface area is 94.7 Å². The number of hydrogen-bond donors (Lipinski definition) is 1. The molecule has 2 atom stereocenters. The summed E-state index contributed by atoms with van der Waals surface area (Å²) in [7, 11) is 0. The van der Waals surface area contributed by atoms with E-state index in [-0.39, 0.29) is 0 Å². The number of rotatable bonds is 4. The van der Waals surface area contributed by atoms with Crippen molar-refractivity contribution in [3.63, 3.8) is 0 Å². The maximum absolute atomic E-state index is 5.72. The molecule has 1 saturated heterocycles. The Morgan fingerprint density at radius 1 is 1.73 bits per heavy atom. The summed E-state index contributed by atoms with van der Waals surface area (Å²) < 4.78 is 5.38. The van der Waals surface area contributed by atoms with Crippen LogP contribution in [-0.4, -0.2) is 24.7 Å². The summed E-state index contributed by atoms with van der Waals surface area (Å²) >= 11 is 1.76. The van der Waals surface area contributed by atoms with Gasteiger partial charge in [-0.3, -0.25) is 0 Å². The molecule has 0 spiro atoms. The first-order valence-electron chi connectivity index (χ1n) is 5.58. The number of ether oxygens (including phenoxy) is 1. The van der Waals surface area contributed by atoms with Crippen LogP contribution in [0, 0.1) is 0 Å². The molecule has 0 radical (unpaired) electrons. The number of thiazole rings is 1. The largest absolute Gasteiger partial charge is 0.381 e. The van der Waals surface area contributed by atoms with Crippen LogP contribution in [0.1, 0.15) is 42.3 Å². The highest BCUT2D eigenvalue weighted by Crippen LogP contribution is 2.30. The summed E-state index contributed by atoms with van der Waals surface area (Å²) in [5, 5.41) is 3.39. The molecule has 2 unspecified atom stereocenters. The van der Waals surface area contributed by atoms with Gasteiger partial charge in [0.2, 0.25) is 0 Å². The quantitative estimate of drug-likeness (QED) is 0.855. The first kappa shape index (κ1) is 11.0. The average molecular weight is 226 g/mol. The Hall–Kier alpha value is -0.450. The van der Waals surface area contributed by atoms with Crippen LogP contribution in [0.5, 0.6) is 0 Å². The van der Waals surface area contributed by atoms with E-state index in [1.807, 2.05) is 0 Å². The Bertz CT molecular complexity index is 287. The molecular formula is C11H18N2OS. The van der Waals surface area contributed by atoms with Crippen molar-refractivity contribution in [3.05, 3.63) is 16.1 Å². The maximum atomic E-state index is 5.72. The molecule has 84 valence electrons. The fraction of sp³-hybridized carbons (Fsp3) is 0.727. The van der Waals surface area contributed by atoms with Crippen molar-refractivity contribution in [1.82, 2.24) is 4.98 Å². The Balaban J connectivity index is 2.08. The number of nitrogens with two attached hydrogens (primary N) is 1. The van der Waals surface area contributed by atoms with Crippen molar-refractivity contribution in [2.75, 3.05) is 19.8 Å². The van der Waals surface area contributed by atoms with E-state index < -0.39 is 0 Å². The van der Waals surface area contributed by atoms with Crippen LogP contribution in [0.3, 0.4) is 0 Å². The van der Waals surface area contributed by atoms with Gasteiger partial charge in [-0.15, -0.1) is 11.3 Å². The topological polar surface area (TPSA) is 48.1 Å². The first-order valence-corrected chi connectivity index (χ1v) is 6.46. The Morgan fingerprint density at radius 3 is 3.20 bits per heavy atom. The molecule has 0 amide bonds. The summed E-state index contributed by atoms with van der Waals surface area (Å²) in [6.07, 6.45) is 2.19. The van der Waals surface area contributed by atoms with E-state index in [0.29, 0.717) is 18.4 Å². The highest BCUT2D eigenvalue weighted by atomic mass is 32.1. The fourth-order valence-corrected chi connectivity index (χ4v) is 2.92. The van der Waals surface area contributed by atoms with Crippen molar-refractivity contribution in [3.8, 4) is 0 Å². The van der Waals surface area contributed by atoms with Crippen molar-refractivity contribution in [1.29, 1.82) is 0 Å². The summed E-state index contributed by atoms with van der Waals surface area (Å²) in [6.45, 7) is 4.58. The molecule has 15 heavy (non-hydrogen) atoms. The molecule has 1 aliphatic rings. The molecule has 2 N–H and O–H groups in total. The molecule has 3 nitrogen and oxygen atoms in total. The van der Waals surface area contributed by atoms with Gasteiger partial charge in [0.15, 0.2) is 0 Å². The van der Waals surface area contributed by atoms with Crippen molar-refractivity contribution in [2.24, 2.45) is 5.73 Å². The molecule has 1 aliphatic heterocycles. The zero-order valence-corrected chi connectivity index (χ0v) is 9.93. The van der Waals surface area contributed by atoms with E-state index in [0.717, 1.165) is 26.1 Å². The van der Waals surface area contributed by atoms with E-state index >= 15 is 0 Å². The highest BCUT2D eigenvalue weighted by molar-refractivity contribution is 7.09. The van der Waals surface area contributed by atoms with E-state index in [1.165, 1.54) is 10.7 Å². The Morgan fingerprint density at radius 2 is 2.60 bits per heavy atom. The van der Waals surface area contributed by atoms with Gasteiger partial charge in [0, 0.05) is 30.4 Å². The van der Waals surface area contributed by atoms with Gasteiger partial charge in [-0.25, -0.2) is 4.98 Å². The summed E-state index contributed by atoms with van der Waals surface area (Å²) in [6, 6.07) is 0. The third kappa shape index (κ3) is 2.38. The van der Waals surface area contributed by atoms with Crippen molar-refractivity contribution in [2.45, 2.75) is 31.6 Å². The summed E-state index contributed by atoms with van der Waals surface area (Å²) in [5.74, 6) is 0.955. The number of hydrogen-bond acceptors (Lipinski definition) is 4. The molecule has 0 bridgehead atoms. The maximum Gasteiger partial charge on any atom is 0.0983 e. The van der Waals surface area contributed by atoms with Crippen LogP contribution in [0.15, 0.2) is 5.38 Å². The van der Waals surface area contributed by atoms with Crippen LogP contribution in [0.4, 0.5) is 0 Å². The normalized spacial score (nSPS) is 23.2. The van der Waals surface area contributed by atoms with Crippen molar-refractivity contribution >= 4 is 11.3 Å². The molecule has 4 heteroatoms. The molecule has 1 fully saturated rings. The average Bonchev–Trinajstić information content (AvgIpc) is 2.89. The van der Waals surface area contributed by atoms with Crippen molar-refractivity contribution < 1.29 is 4.74 Å². The highest BCUT2D eigenvalue weighted by Gasteiger charge is 2.22. The van der Waals surface area contributed by atoms with Crippen LogP contribution in [0.25, 0.3) is 0 Å². The fourth-order valence-electron chi connectivity index (χ4n) is 1.90. The second kappa shape index (κ2) is 5.05. The van der Waals surface area contributed by atoms with Gasteiger partial charge in [0.1, 0.15) is 0 Å². The monoisotopic (exact) mass is 226 g/mol. The summed E-state index contributed by atoms with van der Waals surface area (Å²) in [4.78, 5) is 4.69. The molecular weight excluding hydrogens is 208 g/mol. The molecule has 1 aromatic rings. The predicted octanol–water partition coefficient (Wildman–Crippen LogP) is 2.10. The van der Waals surface area contributed by atoms with Gasteiger partial charge in [-0.05, 0) is 12.8 Å². The first-order chi connectivity index (χ1) is 7.35. The molecule has 0 aliphatic carbocycles. The number of nitrogens with zero attached hydrogens (tertiary/aromatic N) is 1. The minimum atomic E-state index is 0.428. The third-order valence-electron chi connectivity index (χ3n) is 3.01. The molecule has 2 rings (SSSR count). The molecule has 0 saturated carbocycles.